The molecule has 0 saturated heterocycles. The number of nitrogens with zero attached hydrogens (tertiary/aromatic N) is 2. The predicted octanol–water partition coefficient (Wildman–Crippen LogP) is 1.66. The molecule has 1 N–H and O–H groups in total. The molecule has 0 spiro atoms. The van der Waals surface area contributed by atoms with E-state index in [4.69, 9.17) is 16.3 Å². The van der Waals surface area contributed by atoms with Crippen LogP contribution in [0.1, 0.15) is 0 Å². The molecule has 0 aliphatic carbocycles. The first kappa shape index (κ1) is 15.4. The Kier molecular flexibility index (Phi) is 5.31. The first-order valence-corrected chi connectivity index (χ1v) is 5.21. The van der Waals surface area contributed by atoms with Crippen molar-refractivity contribution in [3.8, 4) is 5.88 Å². The summed E-state index contributed by atoms with van der Waals surface area (Å²) < 4.78 is 44.2. The van der Waals surface area contributed by atoms with Crippen molar-refractivity contribution >= 4 is 23.5 Å². The van der Waals surface area contributed by atoms with Crippen LogP contribution in [0.4, 0.5) is 19.1 Å². The minimum absolute atomic E-state index is 0.0124. The summed E-state index contributed by atoms with van der Waals surface area (Å²) >= 11 is 5.61. The van der Waals surface area contributed by atoms with E-state index in [2.05, 4.69) is 20.0 Å². The Hall–Kier alpha value is -1.61. The van der Waals surface area contributed by atoms with Gasteiger partial charge in [0, 0.05) is 6.07 Å². The van der Waals surface area contributed by atoms with E-state index in [0.717, 1.165) is 0 Å². The lowest BCUT2D eigenvalue weighted by Crippen LogP contribution is -2.24. The molecule has 1 aromatic rings. The summed E-state index contributed by atoms with van der Waals surface area (Å²) in [5, 5.41) is 2.14. The van der Waals surface area contributed by atoms with Crippen molar-refractivity contribution in [2.75, 3.05) is 25.6 Å². The third-order valence-electron chi connectivity index (χ3n) is 1.63. The van der Waals surface area contributed by atoms with Crippen LogP contribution in [0, 0.1) is 0 Å². The molecule has 0 saturated carbocycles. The van der Waals surface area contributed by atoms with Crippen LogP contribution >= 0.6 is 11.6 Å². The number of halogens is 4. The lowest BCUT2D eigenvalue weighted by Gasteiger charge is -2.08. The van der Waals surface area contributed by atoms with Crippen LogP contribution in [0.15, 0.2) is 6.07 Å². The molecule has 0 aliphatic rings. The molecular formula is C9H9ClF3N3O3. The summed E-state index contributed by atoms with van der Waals surface area (Å²) in [5.41, 5.74) is 0. The normalized spacial score (nSPS) is 11.2. The number of hydrogen-bond acceptors (Lipinski definition) is 5. The molecule has 1 heterocycles. The zero-order valence-electron chi connectivity index (χ0n) is 9.62. The van der Waals surface area contributed by atoms with Crippen LogP contribution in [-0.2, 0) is 9.53 Å². The minimum atomic E-state index is -4.49. The molecule has 1 amide bonds. The van der Waals surface area contributed by atoms with E-state index >= 15 is 0 Å². The number of anilines is 1. The standard InChI is InChI=1S/C9H9ClF3N3O3/c1-18-7-2-5(10)14-8(16-7)15-6(17)3-19-4-9(11,12)13/h2H,3-4H2,1H3,(H,14,15,16,17). The number of rotatable bonds is 5. The Morgan fingerprint density at radius 1 is 1.47 bits per heavy atom. The monoisotopic (exact) mass is 299 g/mol. The van der Waals surface area contributed by atoms with Gasteiger partial charge in [-0.1, -0.05) is 11.6 Å². The second-order valence-electron chi connectivity index (χ2n) is 3.21. The van der Waals surface area contributed by atoms with Crippen LogP contribution in [0.2, 0.25) is 5.15 Å². The largest absolute Gasteiger partial charge is 0.481 e. The number of carbonyl (C=O) groups is 1. The third kappa shape index (κ3) is 6.20. The van der Waals surface area contributed by atoms with Crippen molar-refractivity contribution in [3.05, 3.63) is 11.2 Å². The van der Waals surface area contributed by atoms with Crippen molar-refractivity contribution in [1.29, 1.82) is 0 Å². The third-order valence-corrected chi connectivity index (χ3v) is 1.82. The molecular weight excluding hydrogens is 291 g/mol. The number of hydrogen-bond donors (Lipinski definition) is 1. The molecule has 0 fully saturated rings. The van der Waals surface area contributed by atoms with Crippen molar-refractivity contribution in [2.45, 2.75) is 6.18 Å². The number of ether oxygens (including phenoxy) is 2. The van der Waals surface area contributed by atoms with E-state index in [1.54, 1.807) is 0 Å². The number of aromatic nitrogens is 2. The fourth-order valence-electron chi connectivity index (χ4n) is 0.978. The van der Waals surface area contributed by atoms with Gasteiger partial charge in [-0.15, -0.1) is 0 Å². The number of carbonyl (C=O) groups excluding carboxylic acids is 1. The maximum absolute atomic E-state index is 11.8. The summed E-state index contributed by atoms with van der Waals surface area (Å²) in [7, 11) is 1.33. The van der Waals surface area contributed by atoms with Crippen molar-refractivity contribution < 1.29 is 27.4 Å². The highest BCUT2D eigenvalue weighted by atomic mass is 35.5. The molecule has 0 aromatic carbocycles. The Morgan fingerprint density at radius 3 is 2.74 bits per heavy atom. The first-order chi connectivity index (χ1) is 8.80. The Morgan fingerprint density at radius 2 is 2.16 bits per heavy atom. The molecule has 6 nitrogen and oxygen atoms in total. The quantitative estimate of drug-likeness (QED) is 0.837. The van der Waals surface area contributed by atoms with Gasteiger partial charge in [-0.25, -0.2) is 4.98 Å². The highest BCUT2D eigenvalue weighted by molar-refractivity contribution is 6.29. The van der Waals surface area contributed by atoms with Gasteiger partial charge in [0.2, 0.25) is 11.8 Å². The van der Waals surface area contributed by atoms with E-state index in [-0.39, 0.29) is 17.0 Å². The Balaban J connectivity index is 2.50. The Bertz CT molecular complexity index is 456. The van der Waals surface area contributed by atoms with Crippen molar-refractivity contribution in [1.82, 2.24) is 9.97 Å². The van der Waals surface area contributed by atoms with E-state index in [9.17, 15) is 18.0 Å². The molecule has 0 atom stereocenters. The fraction of sp³-hybridized carbons (Fsp3) is 0.444. The summed E-state index contributed by atoms with van der Waals surface area (Å²) in [6.07, 6.45) is -4.49. The van der Waals surface area contributed by atoms with Crippen LogP contribution in [0.3, 0.4) is 0 Å². The van der Waals surface area contributed by atoms with Gasteiger partial charge in [-0.05, 0) is 0 Å². The summed E-state index contributed by atoms with van der Waals surface area (Å²) in [4.78, 5) is 18.6. The second kappa shape index (κ2) is 6.53. The highest BCUT2D eigenvalue weighted by Gasteiger charge is 2.27. The van der Waals surface area contributed by atoms with Crippen LogP contribution in [0.5, 0.6) is 5.88 Å². The topological polar surface area (TPSA) is 73.3 Å². The average Bonchev–Trinajstić information content (AvgIpc) is 2.26. The summed E-state index contributed by atoms with van der Waals surface area (Å²) in [6.45, 7) is -2.29. The molecule has 0 radical (unpaired) electrons. The number of alkyl halides is 3. The maximum atomic E-state index is 11.8. The highest BCUT2D eigenvalue weighted by Crippen LogP contribution is 2.16. The van der Waals surface area contributed by atoms with Gasteiger partial charge in [-0.3, -0.25) is 10.1 Å². The smallest absolute Gasteiger partial charge is 0.411 e. The zero-order chi connectivity index (χ0) is 14.5. The van der Waals surface area contributed by atoms with E-state index in [0.29, 0.717) is 0 Å². The molecule has 1 aromatic heterocycles. The van der Waals surface area contributed by atoms with Gasteiger partial charge in [0.25, 0.3) is 5.91 Å². The van der Waals surface area contributed by atoms with Crippen molar-refractivity contribution in [3.63, 3.8) is 0 Å². The summed E-state index contributed by atoms with van der Waals surface area (Å²) in [5.74, 6) is -0.926. The van der Waals surface area contributed by atoms with Gasteiger partial charge in [-0.2, -0.15) is 18.2 Å². The average molecular weight is 300 g/mol. The molecule has 1 rings (SSSR count). The second-order valence-corrected chi connectivity index (χ2v) is 3.60. The van der Waals surface area contributed by atoms with Gasteiger partial charge in [0.15, 0.2) is 0 Å². The van der Waals surface area contributed by atoms with Gasteiger partial charge < -0.3 is 9.47 Å². The lowest BCUT2D eigenvalue weighted by molar-refractivity contribution is -0.174. The number of nitrogens with one attached hydrogen (secondary N) is 1. The number of amides is 1. The molecule has 10 heteroatoms. The predicted molar refractivity (Wildman–Crippen MR) is 59.1 cm³/mol. The van der Waals surface area contributed by atoms with Gasteiger partial charge in [0.1, 0.15) is 18.4 Å². The van der Waals surface area contributed by atoms with Crippen LogP contribution < -0.4 is 10.1 Å². The molecule has 0 aliphatic heterocycles. The SMILES string of the molecule is COc1cc(Cl)nc(NC(=O)COCC(F)(F)F)n1. The fourth-order valence-corrected chi connectivity index (χ4v) is 1.15. The summed E-state index contributed by atoms with van der Waals surface area (Å²) in [6, 6.07) is 1.30. The number of methoxy groups -OCH3 is 1. The maximum Gasteiger partial charge on any atom is 0.411 e. The lowest BCUT2D eigenvalue weighted by atomic mass is 10.6. The van der Waals surface area contributed by atoms with E-state index in [1.807, 2.05) is 0 Å². The van der Waals surface area contributed by atoms with Crippen LogP contribution in [-0.4, -0.2) is 42.4 Å². The van der Waals surface area contributed by atoms with Crippen LogP contribution in [0.25, 0.3) is 0 Å². The molecule has 0 bridgehead atoms. The first-order valence-electron chi connectivity index (χ1n) is 4.83. The Labute approximate surface area is 110 Å². The van der Waals surface area contributed by atoms with Gasteiger partial charge in [0.05, 0.1) is 7.11 Å². The van der Waals surface area contributed by atoms with Gasteiger partial charge >= 0.3 is 6.18 Å². The molecule has 0 unspecified atom stereocenters. The van der Waals surface area contributed by atoms with Crippen molar-refractivity contribution in [2.24, 2.45) is 0 Å². The molecule has 106 valence electrons. The zero-order valence-corrected chi connectivity index (χ0v) is 10.4. The van der Waals surface area contributed by atoms with E-state index < -0.39 is 25.3 Å². The molecule has 19 heavy (non-hydrogen) atoms. The minimum Gasteiger partial charge on any atom is -0.481 e. The van der Waals surface area contributed by atoms with E-state index in [1.165, 1.54) is 13.2 Å².